The molecule has 0 spiro atoms. The summed E-state index contributed by atoms with van der Waals surface area (Å²) in [6.07, 6.45) is -0.934. The summed E-state index contributed by atoms with van der Waals surface area (Å²) >= 11 is 0. The number of benzene rings is 1. The Kier molecular flexibility index (Phi) is 5.03. The number of aliphatic hydroxyl groups is 1. The van der Waals surface area contributed by atoms with E-state index in [1.54, 1.807) is 25.1 Å². The van der Waals surface area contributed by atoms with Gasteiger partial charge in [0.1, 0.15) is 5.82 Å². The van der Waals surface area contributed by atoms with Crippen molar-refractivity contribution in [2.24, 2.45) is 5.92 Å². The number of nitrogens with one attached hydrogen (secondary N) is 1. The zero-order valence-corrected chi connectivity index (χ0v) is 12.4. The van der Waals surface area contributed by atoms with Crippen LogP contribution in [0.25, 0.3) is 0 Å². The number of aromatic nitrogens is 2. The number of halogens is 1. The van der Waals surface area contributed by atoms with Crippen molar-refractivity contribution in [2.75, 3.05) is 6.54 Å². The molecule has 0 aliphatic carbocycles. The molecule has 6 heteroatoms. The van der Waals surface area contributed by atoms with Gasteiger partial charge in [0.25, 0.3) is 0 Å². The van der Waals surface area contributed by atoms with Crippen LogP contribution < -0.4 is 5.32 Å². The second-order valence-electron chi connectivity index (χ2n) is 5.35. The highest BCUT2D eigenvalue weighted by molar-refractivity contribution is 5.20. The van der Waals surface area contributed by atoms with E-state index < -0.39 is 11.9 Å². The Morgan fingerprint density at radius 2 is 2.05 bits per heavy atom. The molecule has 2 rings (SSSR count). The molecule has 0 aliphatic rings. The zero-order chi connectivity index (χ0) is 15.4. The van der Waals surface area contributed by atoms with Gasteiger partial charge in [0.15, 0.2) is 5.82 Å². The van der Waals surface area contributed by atoms with Crippen LogP contribution >= 0.6 is 0 Å². The van der Waals surface area contributed by atoms with Gasteiger partial charge in [-0.25, -0.2) is 4.39 Å². The second kappa shape index (κ2) is 6.78. The van der Waals surface area contributed by atoms with E-state index in [0.29, 0.717) is 11.7 Å². The van der Waals surface area contributed by atoms with Gasteiger partial charge in [-0.2, -0.15) is 4.98 Å². The standard InChI is InChI=1S/C15H20FN3O2/c1-9(2)14(15-18-10(3)19-21-15)17-8-13(20)11-6-4-5-7-12(11)16/h4-7,9,13-14,17,20H,8H2,1-3H3. The summed E-state index contributed by atoms with van der Waals surface area (Å²) in [7, 11) is 0. The molecule has 0 saturated carbocycles. The van der Waals surface area contributed by atoms with Crippen LogP contribution in [0.2, 0.25) is 0 Å². The smallest absolute Gasteiger partial charge is 0.244 e. The first kappa shape index (κ1) is 15.6. The molecule has 1 aromatic carbocycles. The van der Waals surface area contributed by atoms with E-state index in [1.807, 2.05) is 13.8 Å². The normalized spacial score (nSPS) is 14.4. The molecular weight excluding hydrogens is 273 g/mol. The quantitative estimate of drug-likeness (QED) is 0.856. The summed E-state index contributed by atoms with van der Waals surface area (Å²) in [5.74, 6) is 0.814. The lowest BCUT2D eigenvalue weighted by molar-refractivity contribution is 0.156. The van der Waals surface area contributed by atoms with Crippen molar-refractivity contribution in [3.8, 4) is 0 Å². The number of rotatable bonds is 6. The Hall–Kier alpha value is -1.79. The molecule has 0 bridgehead atoms. The van der Waals surface area contributed by atoms with Gasteiger partial charge in [0.2, 0.25) is 5.89 Å². The maximum atomic E-state index is 13.6. The van der Waals surface area contributed by atoms with E-state index in [-0.39, 0.29) is 24.1 Å². The minimum Gasteiger partial charge on any atom is -0.387 e. The summed E-state index contributed by atoms with van der Waals surface area (Å²) < 4.78 is 18.8. The van der Waals surface area contributed by atoms with Gasteiger partial charge in [0.05, 0.1) is 12.1 Å². The molecule has 0 saturated heterocycles. The third-order valence-electron chi connectivity index (χ3n) is 3.27. The third-order valence-corrected chi connectivity index (χ3v) is 3.27. The Labute approximate surface area is 123 Å². The van der Waals surface area contributed by atoms with Crippen LogP contribution in [0.1, 0.15) is 43.3 Å². The molecule has 2 aromatic rings. The van der Waals surface area contributed by atoms with E-state index in [9.17, 15) is 9.50 Å². The largest absolute Gasteiger partial charge is 0.387 e. The predicted octanol–water partition coefficient (Wildman–Crippen LogP) is 2.54. The molecule has 114 valence electrons. The SMILES string of the molecule is Cc1noc(C(NCC(O)c2ccccc2F)C(C)C)n1. The molecule has 1 heterocycles. The van der Waals surface area contributed by atoms with Gasteiger partial charge in [-0.05, 0) is 18.9 Å². The van der Waals surface area contributed by atoms with Crippen LogP contribution in [-0.4, -0.2) is 21.8 Å². The topological polar surface area (TPSA) is 71.2 Å². The van der Waals surface area contributed by atoms with Gasteiger partial charge in [-0.3, -0.25) is 0 Å². The Bertz CT molecular complexity index is 586. The number of aryl methyl sites for hydroxylation is 1. The Morgan fingerprint density at radius 3 is 2.62 bits per heavy atom. The number of nitrogens with zero attached hydrogens (tertiary/aromatic N) is 2. The molecule has 0 amide bonds. The molecule has 0 aliphatic heterocycles. The lowest BCUT2D eigenvalue weighted by atomic mass is 10.0. The number of hydrogen-bond donors (Lipinski definition) is 2. The van der Waals surface area contributed by atoms with Crippen molar-refractivity contribution in [3.05, 3.63) is 47.4 Å². The van der Waals surface area contributed by atoms with E-state index >= 15 is 0 Å². The maximum absolute atomic E-state index is 13.6. The summed E-state index contributed by atoms with van der Waals surface area (Å²) in [5.41, 5.74) is 0.272. The van der Waals surface area contributed by atoms with Gasteiger partial charge in [-0.15, -0.1) is 0 Å². The summed E-state index contributed by atoms with van der Waals surface area (Å²) in [6, 6.07) is 6.01. The summed E-state index contributed by atoms with van der Waals surface area (Å²) in [4.78, 5) is 4.20. The average molecular weight is 293 g/mol. The molecule has 2 unspecified atom stereocenters. The number of hydrogen-bond acceptors (Lipinski definition) is 5. The molecule has 2 N–H and O–H groups in total. The van der Waals surface area contributed by atoms with Crippen molar-refractivity contribution in [2.45, 2.75) is 32.9 Å². The predicted molar refractivity (Wildman–Crippen MR) is 76.0 cm³/mol. The third kappa shape index (κ3) is 3.86. The highest BCUT2D eigenvalue weighted by Crippen LogP contribution is 2.22. The number of aliphatic hydroxyl groups excluding tert-OH is 1. The van der Waals surface area contributed by atoms with Crippen LogP contribution in [0.4, 0.5) is 4.39 Å². The summed E-state index contributed by atoms with van der Waals surface area (Å²) in [5, 5.41) is 17.0. The van der Waals surface area contributed by atoms with Gasteiger partial charge < -0.3 is 14.9 Å². The van der Waals surface area contributed by atoms with E-state index in [0.717, 1.165) is 0 Å². The van der Waals surface area contributed by atoms with Crippen LogP contribution in [0.5, 0.6) is 0 Å². The lowest BCUT2D eigenvalue weighted by Crippen LogP contribution is -2.30. The minimum atomic E-state index is -0.934. The highest BCUT2D eigenvalue weighted by Gasteiger charge is 2.23. The fourth-order valence-corrected chi connectivity index (χ4v) is 2.14. The lowest BCUT2D eigenvalue weighted by Gasteiger charge is -2.21. The molecular formula is C15H20FN3O2. The van der Waals surface area contributed by atoms with Crippen LogP contribution in [0, 0.1) is 18.7 Å². The fourth-order valence-electron chi connectivity index (χ4n) is 2.14. The maximum Gasteiger partial charge on any atom is 0.244 e. The van der Waals surface area contributed by atoms with Crippen molar-refractivity contribution in [1.82, 2.24) is 15.5 Å². The highest BCUT2D eigenvalue weighted by atomic mass is 19.1. The van der Waals surface area contributed by atoms with Gasteiger partial charge in [0, 0.05) is 12.1 Å². The first-order valence-corrected chi connectivity index (χ1v) is 6.95. The van der Waals surface area contributed by atoms with Crippen molar-refractivity contribution >= 4 is 0 Å². The first-order chi connectivity index (χ1) is 9.99. The molecule has 21 heavy (non-hydrogen) atoms. The van der Waals surface area contributed by atoms with Crippen molar-refractivity contribution < 1.29 is 14.0 Å². The van der Waals surface area contributed by atoms with Crippen LogP contribution in [0.15, 0.2) is 28.8 Å². The Morgan fingerprint density at radius 1 is 1.33 bits per heavy atom. The van der Waals surface area contributed by atoms with E-state index in [1.165, 1.54) is 6.07 Å². The van der Waals surface area contributed by atoms with Crippen molar-refractivity contribution in [3.63, 3.8) is 0 Å². The summed E-state index contributed by atoms with van der Waals surface area (Å²) in [6.45, 7) is 5.96. The van der Waals surface area contributed by atoms with E-state index in [4.69, 9.17) is 4.52 Å². The molecule has 0 radical (unpaired) electrons. The molecule has 0 fully saturated rings. The molecule has 5 nitrogen and oxygen atoms in total. The monoisotopic (exact) mass is 293 g/mol. The zero-order valence-electron chi connectivity index (χ0n) is 12.4. The first-order valence-electron chi connectivity index (χ1n) is 6.95. The minimum absolute atomic E-state index is 0.187. The molecule has 2 atom stereocenters. The van der Waals surface area contributed by atoms with Gasteiger partial charge >= 0.3 is 0 Å². The van der Waals surface area contributed by atoms with E-state index in [2.05, 4.69) is 15.5 Å². The molecule has 1 aromatic heterocycles. The average Bonchev–Trinajstić information content (AvgIpc) is 2.85. The second-order valence-corrected chi connectivity index (χ2v) is 5.35. The fraction of sp³-hybridized carbons (Fsp3) is 0.467. The Balaban J connectivity index is 2.04. The van der Waals surface area contributed by atoms with Crippen molar-refractivity contribution in [1.29, 1.82) is 0 Å². The van der Waals surface area contributed by atoms with Crippen LogP contribution in [-0.2, 0) is 0 Å². The van der Waals surface area contributed by atoms with Crippen LogP contribution in [0.3, 0.4) is 0 Å². The van der Waals surface area contributed by atoms with Gasteiger partial charge in [-0.1, -0.05) is 37.2 Å².